The molecule has 0 aliphatic rings. The Morgan fingerprint density at radius 1 is 1.33 bits per heavy atom. The van der Waals surface area contributed by atoms with Crippen LogP contribution in [0.4, 0.5) is 0 Å². The van der Waals surface area contributed by atoms with E-state index in [1.807, 2.05) is 30.1 Å². The maximum atomic E-state index is 5.24. The summed E-state index contributed by atoms with van der Waals surface area (Å²) in [4.78, 5) is 0. The summed E-state index contributed by atoms with van der Waals surface area (Å²) in [5.74, 6) is 0. The summed E-state index contributed by atoms with van der Waals surface area (Å²) in [6.07, 6.45) is 6.02. The highest BCUT2D eigenvalue weighted by Gasteiger charge is 1.91. The number of hydrogen-bond donors (Lipinski definition) is 1. The number of nitrogens with one attached hydrogen (secondary N) is 1. The van der Waals surface area contributed by atoms with Gasteiger partial charge in [0.2, 0.25) is 0 Å². The van der Waals surface area contributed by atoms with E-state index in [0.29, 0.717) is 0 Å². The zero-order chi connectivity index (χ0) is 10.8. The Hall–Kier alpha value is -0.870. The molecule has 0 fully saturated rings. The summed E-state index contributed by atoms with van der Waals surface area (Å²) < 4.78 is 7.21. The molecule has 0 aromatic carbocycles. The summed E-state index contributed by atoms with van der Waals surface area (Å²) in [6, 6.07) is 1.95. The molecule has 1 heterocycles. The van der Waals surface area contributed by atoms with Gasteiger partial charge >= 0.3 is 0 Å². The molecule has 4 nitrogen and oxygen atoms in total. The topological polar surface area (TPSA) is 39.1 Å². The van der Waals surface area contributed by atoms with Crippen LogP contribution in [0.2, 0.25) is 0 Å². The number of hydrogen-bond acceptors (Lipinski definition) is 3. The lowest BCUT2D eigenvalue weighted by molar-refractivity contribution is 0.145. The van der Waals surface area contributed by atoms with E-state index in [9.17, 15) is 0 Å². The molecular formula is C11H21N3O. The SMILES string of the molecule is CCOCCCNCCCn1cccn1. The lowest BCUT2D eigenvalue weighted by Gasteiger charge is -2.05. The van der Waals surface area contributed by atoms with Crippen molar-refractivity contribution >= 4 is 0 Å². The van der Waals surface area contributed by atoms with Gasteiger partial charge in [0.1, 0.15) is 0 Å². The van der Waals surface area contributed by atoms with Crippen molar-refractivity contribution in [3.8, 4) is 0 Å². The van der Waals surface area contributed by atoms with Crippen molar-refractivity contribution in [2.45, 2.75) is 26.3 Å². The van der Waals surface area contributed by atoms with Crippen LogP contribution >= 0.6 is 0 Å². The third-order valence-electron chi connectivity index (χ3n) is 2.15. The summed E-state index contributed by atoms with van der Waals surface area (Å²) in [5.41, 5.74) is 0. The first-order valence-corrected chi connectivity index (χ1v) is 5.69. The Morgan fingerprint density at radius 3 is 2.93 bits per heavy atom. The summed E-state index contributed by atoms with van der Waals surface area (Å²) in [6.45, 7) is 6.79. The van der Waals surface area contributed by atoms with Crippen LogP contribution in [0.1, 0.15) is 19.8 Å². The molecular weight excluding hydrogens is 190 g/mol. The molecule has 0 aliphatic carbocycles. The first-order chi connectivity index (χ1) is 7.43. The molecule has 0 spiro atoms. The van der Waals surface area contributed by atoms with Crippen LogP contribution in [-0.4, -0.2) is 36.1 Å². The van der Waals surface area contributed by atoms with Crippen molar-refractivity contribution in [1.29, 1.82) is 0 Å². The minimum absolute atomic E-state index is 0.819. The van der Waals surface area contributed by atoms with Crippen LogP contribution in [0.25, 0.3) is 0 Å². The van der Waals surface area contributed by atoms with E-state index in [1.165, 1.54) is 0 Å². The smallest absolute Gasteiger partial charge is 0.0489 e. The van der Waals surface area contributed by atoms with Crippen LogP contribution in [0.3, 0.4) is 0 Å². The molecule has 4 heteroatoms. The maximum Gasteiger partial charge on any atom is 0.0489 e. The van der Waals surface area contributed by atoms with Crippen molar-refractivity contribution in [3.63, 3.8) is 0 Å². The second-order valence-corrected chi connectivity index (χ2v) is 3.42. The predicted molar refractivity (Wildman–Crippen MR) is 60.8 cm³/mol. The molecule has 0 amide bonds. The van der Waals surface area contributed by atoms with Crippen molar-refractivity contribution in [2.75, 3.05) is 26.3 Å². The minimum Gasteiger partial charge on any atom is -0.382 e. The van der Waals surface area contributed by atoms with E-state index in [-0.39, 0.29) is 0 Å². The molecule has 15 heavy (non-hydrogen) atoms. The van der Waals surface area contributed by atoms with Gasteiger partial charge in [0, 0.05) is 32.2 Å². The van der Waals surface area contributed by atoms with Crippen LogP contribution in [0, 0.1) is 0 Å². The highest BCUT2D eigenvalue weighted by Crippen LogP contribution is 1.88. The fourth-order valence-electron chi connectivity index (χ4n) is 1.37. The Kier molecular flexibility index (Phi) is 6.86. The second-order valence-electron chi connectivity index (χ2n) is 3.42. The van der Waals surface area contributed by atoms with Crippen molar-refractivity contribution in [2.24, 2.45) is 0 Å². The molecule has 0 atom stereocenters. The van der Waals surface area contributed by atoms with Gasteiger partial charge in [-0.25, -0.2) is 0 Å². The van der Waals surface area contributed by atoms with E-state index in [1.54, 1.807) is 0 Å². The average Bonchev–Trinajstić information content (AvgIpc) is 2.75. The highest BCUT2D eigenvalue weighted by molar-refractivity contribution is 4.77. The Morgan fingerprint density at radius 2 is 2.20 bits per heavy atom. The van der Waals surface area contributed by atoms with Crippen molar-refractivity contribution in [1.82, 2.24) is 15.1 Å². The Bertz CT molecular complexity index is 224. The van der Waals surface area contributed by atoms with Gasteiger partial charge < -0.3 is 10.1 Å². The molecule has 1 aromatic rings. The molecule has 0 aliphatic heterocycles. The number of rotatable bonds is 9. The molecule has 0 bridgehead atoms. The quantitative estimate of drug-likeness (QED) is 0.626. The van der Waals surface area contributed by atoms with Crippen LogP contribution < -0.4 is 5.32 Å². The minimum atomic E-state index is 0.819. The Labute approximate surface area is 91.6 Å². The first-order valence-electron chi connectivity index (χ1n) is 5.69. The van der Waals surface area contributed by atoms with Gasteiger partial charge in [-0.05, 0) is 38.9 Å². The van der Waals surface area contributed by atoms with Crippen molar-refractivity contribution < 1.29 is 4.74 Å². The van der Waals surface area contributed by atoms with Crippen LogP contribution in [-0.2, 0) is 11.3 Å². The van der Waals surface area contributed by atoms with E-state index in [2.05, 4.69) is 10.4 Å². The normalized spacial score (nSPS) is 10.7. The number of nitrogens with zero attached hydrogens (tertiary/aromatic N) is 2. The average molecular weight is 211 g/mol. The monoisotopic (exact) mass is 211 g/mol. The molecule has 0 saturated heterocycles. The number of aryl methyl sites for hydroxylation is 1. The first kappa shape index (κ1) is 12.2. The zero-order valence-corrected chi connectivity index (χ0v) is 9.48. The van der Waals surface area contributed by atoms with Gasteiger partial charge in [-0.1, -0.05) is 0 Å². The van der Waals surface area contributed by atoms with E-state index >= 15 is 0 Å². The number of ether oxygens (including phenoxy) is 1. The van der Waals surface area contributed by atoms with Gasteiger partial charge in [-0.2, -0.15) is 5.10 Å². The molecule has 1 rings (SSSR count). The maximum absolute atomic E-state index is 5.24. The standard InChI is InChI=1S/C11H21N3O/c1-2-15-11-5-7-12-6-3-9-14-10-4-8-13-14/h4,8,10,12H,2-3,5-7,9,11H2,1H3. The predicted octanol–water partition coefficient (Wildman–Crippen LogP) is 1.29. The van der Waals surface area contributed by atoms with Gasteiger partial charge in [0.25, 0.3) is 0 Å². The van der Waals surface area contributed by atoms with Gasteiger partial charge in [-0.3, -0.25) is 4.68 Å². The van der Waals surface area contributed by atoms with E-state index < -0.39 is 0 Å². The lowest BCUT2D eigenvalue weighted by atomic mass is 10.4. The summed E-state index contributed by atoms with van der Waals surface area (Å²) in [7, 11) is 0. The van der Waals surface area contributed by atoms with Crippen LogP contribution in [0.5, 0.6) is 0 Å². The summed E-state index contributed by atoms with van der Waals surface area (Å²) >= 11 is 0. The molecule has 86 valence electrons. The zero-order valence-electron chi connectivity index (χ0n) is 9.48. The molecule has 0 unspecified atom stereocenters. The third-order valence-corrected chi connectivity index (χ3v) is 2.15. The highest BCUT2D eigenvalue weighted by atomic mass is 16.5. The fraction of sp³-hybridized carbons (Fsp3) is 0.727. The van der Waals surface area contributed by atoms with Crippen LogP contribution in [0.15, 0.2) is 18.5 Å². The molecule has 1 N–H and O–H groups in total. The molecule has 1 aromatic heterocycles. The van der Waals surface area contributed by atoms with Crippen molar-refractivity contribution in [3.05, 3.63) is 18.5 Å². The summed E-state index contributed by atoms with van der Waals surface area (Å²) in [5, 5.41) is 7.53. The third kappa shape index (κ3) is 6.25. The van der Waals surface area contributed by atoms with Gasteiger partial charge in [0.05, 0.1) is 0 Å². The second kappa shape index (κ2) is 8.44. The molecule has 0 radical (unpaired) electrons. The number of aromatic nitrogens is 2. The molecule has 0 saturated carbocycles. The largest absolute Gasteiger partial charge is 0.382 e. The fourth-order valence-corrected chi connectivity index (χ4v) is 1.37. The van der Waals surface area contributed by atoms with Gasteiger partial charge in [-0.15, -0.1) is 0 Å². The van der Waals surface area contributed by atoms with E-state index in [4.69, 9.17) is 4.74 Å². The Balaban J connectivity index is 1.81. The van der Waals surface area contributed by atoms with E-state index in [0.717, 1.165) is 45.7 Å². The van der Waals surface area contributed by atoms with Gasteiger partial charge in [0.15, 0.2) is 0 Å². The lowest BCUT2D eigenvalue weighted by Crippen LogP contribution is -2.19.